The highest BCUT2D eigenvalue weighted by molar-refractivity contribution is 7.89. The summed E-state index contributed by atoms with van der Waals surface area (Å²) in [7, 11) is -3.86. The highest BCUT2D eigenvalue weighted by atomic mass is 32.2. The van der Waals surface area contributed by atoms with E-state index in [1.165, 1.54) is 36.6 Å². The average molecular weight is 429 g/mol. The molecule has 2 aromatic carbocycles. The van der Waals surface area contributed by atoms with Gasteiger partial charge in [-0.05, 0) is 62.3 Å². The van der Waals surface area contributed by atoms with Crippen LogP contribution in [-0.4, -0.2) is 32.6 Å². The maximum absolute atomic E-state index is 12.9. The van der Waals surface area contributed by atoms with Crippen LogP contribution < -0.4 is 10.0 Å². The van der Waals surface area contributed by atoms with Gasteiger partial charge < -0.3 is 10.4 Å². The number of sulfonamides is 1. The summed E-state index contributed by atoms with van der Waals surface area (Å²) < 4.78 is 28.5. The van der Waals surface area contributed by atoms with Gasteiger partial charge in [0, 0.05) is 13.1 Å². The number of allylic oxidation sites excluding steroid dienone is 1. The van der Waals surface area contributed by atoms with E-state index in [1.54, 1.807) is 0 Å². The topological polar surface area (TPSA) is 95.5 Å². The van der Waals surface area contributed by atoms with Crippen LogP contribution in [-0.2, 0) is 16.4 Å². The molecule has 0 atom stereocenters. The van der Waals surface area contributed by atoms with Crippen molar-refractivity contribution in [2.45, 2.75) is 43.4 Å². The average Bonchev–Trinajstić information content (AvgIpc) is 2.75. The molecule has 0 unspecified atom stereocenters. The molecule has 3 N–H and O–H groups in total. The smallest absolute Gasteiger partial charge is 0.335 e. The molecule has 0 heterocycles. The van der Waals surface area contributed by atoms with Gasteiger partial charge >= 0.3 is 5.97 Å². The predicted molar refractivity (Wildman–Crippen MR) is 118 cm³/mol. The summed E-state index contributed by atoms with van der Waals surface area (Å²) in [6, 6.07) is 13.8. The van der Waals surface area contributed by atoms with Gasteiger partial charge in [0.15, 0.2) is 0 Å². The van der Waals surface area contributed by atoms with Crippen LogP contribution in [0.1, 0.15) is 48.0 Å². The van der Waals surface area contributed by atoms with Crippen molar-refractivity contribution < 1.29 is 18.3 Å². The van der Waals surface area contributed by atoms with Gasteiger partial charge in [0.05, 0.1) is 11.3 Å². The van der Waals surface area contributed by atoms with E-state index >= 15 is 0 Å². The molecule has 0 bridgehead atoms. The molecule has 160 valence electrons. The van der Waals surface area contributed by atoms with Gasteiger partial charge in [-0.15, -0.1) is 0 Å². The lowest BCUT2D eigenvalue weighted by atomic mass is 9.97. The van der Waals surface area contributed by atoms with E-state index in [0.717, 1.165) is 24.8 Å². The molecule has 0 aromatic heterocycles. The largest absolute Gasteiger partial charge is 0.478 e. The first-order chi connectivity index (χ1) is 14.5. The molecule has 0 spiro atoms. The molecule has 2 aromatic rings. The Bertz CT molecular complexity index is 1000. The third kappa shape index (κ3) is 6.18. The first-order valence-corrected chi connectivity index (χ1v) is 11.8. The molecular formula is C23H28N2O4S. The first-order valence-electron chi connectivity index (χ1n) is 10.3. The van der Waals surface area contributed by atoms with Crippen LogP contribution in [0.4, 0.5) is 5.69 Å². The van der Waals surface area contributed by atoms with Crippen molar-refractivity contribution >= 4 is 21.7 Å². The van der Waals surface area contributed by atoms with Crippen LogP contribution in [0.25, 0.3) is 0 Å². The lowest BCUT2D eigenvalue weighted by Gasteiger charge is -2.16. The lowest BCUT2D eigenvalue weighted by molar-refractivity contribution is 0.0696. The second kappa shape index (κ2) is 10.4. The molecule has 1 aliphatic rings. The number of aromatic carboxylic acids is 1. The van der Waals surface area contributed by atoms with Crippen molar-refractivity contribution in [3.05, 3.63) is 71.3 Å². The molecule has 3 rings (SSSR count). The van der Waals surface area contributed by atoms with Crippen LogP contribution in [0.5, 0.6) is 0 Å². The quantitative estimate of drug-likeness (QED) is 0.493. The Morgan fingerprint density at radius 1 is 1.00 bits per heavy atom. The van der Waals surface area contributed by atoms with E-state index in [-0.39, 0.29) is 17.0 Å². The molecule has 0 radical (unpaired) electrons. The molecular weight excluding hydrogens is 400 g/mol. The first kappa shape index (κ1) is 22.1. The van der Waals surface area contributed by atoms with E-state index in [4.69, 9.17) is 0 Å². The van der Waals surface area contributed by atoms with Crippen molar-refractivity contribution in [2.75, 3.05) is 18.4 Å². The highest BCUT2D eigenvalue weighted by Crippen LogP contribution is 2.25. The van der Waals surface area contributed by atoms with Gasteiger partial charge in [-0.25, -0.2) is 17.9 Å². The second-order valence-corrected chi connectivity index (χ2v) is 9.17. The number of rotatable bonds is 10. The molecule has 0 saturated heterocycles. The van der Waals surface area contributed by atoms with E-state index in [1.807, 2.05) is 30.3 Å². The number of carbonyl (C=O) groups is 1. The molecule has 1 aliphatic carbocycles. The highest BCUT2D eigenvalue weighted by Gasteiger charge is 2.20. The van der Waals surface area contributed by atoms with E-state index in [9.17, 15) is 18.3 Å². The summed E-state index contributed by atoms with van der Waals surface area (Å²) in [5.74, 6) is -1.16. The zero-order valence-electron chi connectivity index (χ0n) is 16.9. The Kier molecular flexibility index (Phi) is 7.65. The van der Waals surface area contributed by atoms with Gasteiger partial charge in [0.2, 0.25) is 10.0 Å². The zero-order chi connectivity index (χ0) is 21.4. The summed E-state index contributed by atoms with van der Waals surface area (Å²) in [5, 5.41) is 12.5. The van der Waals surface area contributed by atoms with Gasteiger partial charge in [-0.1, -0.05) is 42.0 Å². The fourth-order valence-corrected chi connectivity index (χ4v) is 4.80. The van der Waals surface area contributed by atoms with E-state index < -0.39 is 16.0 Å². The maximum Gasteiger partial charge on any atom is 0.335 e. The normalized spacial score (nSPS) is 14.2. The second-order valence-electron chi connectivity index (χ2n) is 7.43. The third-order valence-corrected chi connectivity index (χ3v) is 6.71. The predicted octanol–water partition coefficient (Wildman–Crippen LogP) is 4.21. The van der Waals surface area contributed by atoms with E-state index in [0.29, 0.717) is 18.7 Å². The minimum absolute atomic E-state index is 0.0342. The Labute approximate surface area is 178 Å². The third-order valence-electron chi connectivity index (χ3n) is 5.21. The zero-order valence-corrected chi connectivity index (χ0v) is 17.7. The van der Waals surface area contributed by atoms with Gasteiger partial charge in [-0.2, -0.15) is 0 Å². The standard InChI is InChI=1S/C23H28N2O4S/c26-23(27)20-11-12-21(24-15-13-18-7-3-1-4-8-18)22(17-20)30(28,29)25-16-14-19-9-5-2-6-10-19/h2,5-7,9-12,17,24-25H,1,3-4,8,13-16H2,(H,26,27). The summed E-state index contributed by atoms with van der Waals surface area (Å²) in [5.41, 5.74) is 2.78. The molecule has 0 aliphatic heterocycles. The molecule has 6 nitrogen and oxygen atoms in total. The molecule has 0 amide bonds. The van der Waals surface area contributed by atoms with Gasteiger partial charge in [0.25, 0.3) is 0 Å². The number of nitrogens with one attached hydrogen (secondary N) is 2. The maximum atomic E-state index is 12.9. The summed E-state index contributed by atoms with van der Waals surface area (Å²) in [4.78, 5) is 11.3. The number of anilines is 1. The van der Waals surface area contributed by atoms with Crippen LogP contribution in [0.3, 0.4) is 0 Å². The lowest BCUT2D eigenvalue weighted by Crippen LogP contribution is -2.27. The Hall–Kier alpha value is -2.64. The van der Waals surface area contributed by atoms with Crippen LogP contribution >= 0.6 is 0 Å². The fourth-order valence-electron chi connectivity index (χ4n) is 3.57. The minimum atomic E-state index is -3.86. The van der Waals surface area contributed by atoms with Crippen LogP contribution in [0.15, 0.2) is 65.1 Å². The summed E-state index contributed by atoms with van der Waals surface area (Å²) >= 11 is 0. The Morgan fingerprint density at radius 3 is 2.50 bits per heavy atom. The summed E-state index contributed by atoms with van der Waals surface area (Å²) in [6.45, 7) is 0.834. The number of benzene rings is 2. The van der Waals surface area contributed by atoms with Crippen LogP contribution in [0.2, 0.25) is 0 Å². The van der Waals surface area contributed by atoms with Crippen molar-refractivity contribution in [1.29, 1.82) is 0 Å². The Balaban J connectivity index is 1.71. The van der Waals surface area contributed by atoms with Crippen molar-refractivity contribution in [1.82, 2.24) is 4.72 Å². The molecule has 7 heteroatoms. The van der Waals surface area contributed by atoms with E-state index in [2.05, 4.69) is 16.1 Å². The number of carboxylic acids is 1. The van der Waals surface area contributed by atoms with Crippen LogP contribution in [0, 0.1) is 0 Å². The Morgan fingerprint density at radius 2 is 1.80 bits per heavy atom. The monoisotopic (exact) mass is 428 g/mol. The number of hydrogen-bond acceptors (Lipinski definition) is 4. The van der Waals surface area contributed by atoms with Gasteiger partial charge in [-0.3, -0.25) is 0 Å². The van der Waals surface area contributed by atoms with Crippen molar-refractivity contribution in [3.63, 3.8) is 0 Å². The molecule has 0 fully saturated rings. The number of hydrogen-bond donors (Lipinski definition) is 3. The van der Waals surface area contributed by atoms with Gasteiger partial charge in [0.1, 0.15) is 4.90 Å². The SMILES string of the molecule is O=C(O)c1ccc(NCCC2=CCCCC2)c(S(=O)(=O)NCCc2ccccc2)c1. The number of carboxylic acid groups (broad SMARTS) is 1. The fraction of sp³-hybridized carbons (Fsp3) is 0.348. The molecule has 30 heavy (non-hydrogen) atoms. The molecule has 0 saturated carbocycles. The van der Waals surface area contributed by atoms with Crippen molar-refractivity contribution in [2.24, 2.45) is 0 Å². The minimum Gasteiger partial charge on any atom is -0.478 e. The van der Waals surface area contributed by atoms with Crippen molar-refractivity contribution in [3.8, 4) is 0 Å². The summed E-state index contributed by atoms with van der Waals surface area (Å²) in [6.07, 6.45) is 8.28.